The molecule has 0 aliphatic carbocycles. The molecular formula is C20H21F4N3O2S. The first kappa shape index (κ1) is 23.5. The maximum absolute atomic E-state index is 13.0. The maximum atomic E-state index is 13.0. The van der Waals surface area contributed by atoms with Crippen LogP contribution in [0.1, 0.15) is 12.5 Å². The highest BCUT2D eigenvalue weighted by Crippen LogP contribution is 2.35. The van der Waals surface area contributed by atoms with Gasteiger partial charge in [-0.2, -0.15) is 13.2 Å². The molecule has 0 saturated carbocycles. The minimum absolute atomic E-state index is 0.0306. The first-order valence-corrected chi connectivity index (χ1v) is 9.88. The van der Waals surface area contributed by atoms with Crippen molar-refractivity contribution in [2.75, 3.05) is 35.4 Å². The van der Waals surface area contributed by atoms with E-state index in [0.29, 0.717) is 11.4 Å². The minimum Gasteiger partial charge on any atom is -0.376 e. The second-order valence-corrected chi connectivity index (χ2v) is 7.95. The number of benzene rings is 2. The first-order valence-electron chi connectivity index (χ1n) is 8.84. The van der Waals surface area contributed by atoms with Gasteiger partial charge >= 0.3 is 6.18 Å². The fourth-order valence-corrected chi connectivity index (χ4v) is 3.13. The van der Waals surface area contributed by atoms with Gasteiger partial charge in [0.05, 0.1) is 27.9 Å². The number of nitrogens with zero attached hydrogens (tertiary/aromatic N) is 1. The predicted octanol–water partition coefficient (Wildman–Crippen LogP) is 4.61. The van der Waals surface area contributed by atoms with Gasteiger partial charge < -0.3 is 15.5 Å². The van der Waals surface area contributed by atoms with Gasteiger partial charge in [-0.05, 0) is 49.4 Å². The van der Waals surface area contributed by atoms with Crippen LogP contribution >= 0.6 is 11.8 Å². The van der Waals surface area contributed by atoms with Gasteiger partial charge in [-0.3, -0.25) is 9.59 Å². The van der Waals surface area contributed by atoms with Crippen LogP contribution in [-0.4, -0.2) is 36.9 Å². The van der Waals surface area contributed by atoms with Crippen molar-refractivity contribution in [2.45, 2.75) is 18.3 Å². The monoisotopic (exact) mass is 443 g/mol. The lowest BCUT2D eigenvalue weighted by Gasteiger charge is -2.21. The summed E-state index contributed by atoms with van der Waals surface area (Å²) in [5, 5.41) is 4.38. The summed E-state index contributed by atoms with van der Waals surface area (Å²) < 4.78 is 51.9. The highest BCUT2D eigenvalue weighted by molar-refractivity contribution is 8.01. The van der Waals surface area contributed by atoms with Crippen LogP contribution < -0.4 is 15.5 Å². The zero-order valence-electron chi connectivity index (χ0n) is 16.5. The summed E-state index contributed by atoms with van der Waals surface area (Å²) in [6.07, 6.45) is -4.54. The Morgan fingerprint density at radius 2 is 1.70 bits per heavy atom. The number of alkyl halides is 3. The predicted molar refractivity (Wildman–Crippen MR) is 111 cm³/mol. The molecule has 0 spiro atoms. The van der Waals surface area contributed by atoms with E-state index in [1.54, 1.807) is 25.9 Å². The van der Waals surface area contributed by atoms with Crippen molar-refractivity contribution in [3.05, 3.63) is 53.8 Å². The van der Waals surface area contributed by atoms with E-state index in [4.69, 9.17) is 0 Å². The van der Waals surface area contributed by atoms with Crippen LogP contribution in [0.15, 0.2) is 42.5 Å². The number of anilines is 3. The molecule has 5 nitrogen and oxygen atoms in total. The lowest BCUT2D eigenvalue weighted by molar-refractivity contribution is -0.137. The molecule has 162 valence electrons. The molecule has 1 unspecified atom stereocenters. The number of rotatable bonds is 7. The van der Waals surface area contributed by atoms with Gasteiger partial charge in [-0.1, -0.05) is 0 Å². The van der Waals surface area contributed by atoms with Crippen LogP contribution in [0.3, 0.4) is 0 Å². The number of carbonyl (C=O) groups is 2. The Morgan fingerprint density at radius 1 is 1.07 bits per heavy atom. The molecule has 10 heteroatoms. The molecule has 0 radical (unpaired) electrons. The highest BCUT2D eigenvalue weighted by atomic mass is 32.2. The standard InChI is InChI=1S/C20H21F4N3O2S/c1-12(30-11-18(28)25-15-7-5-14(21)6-8-15)19(29)26-16-10-13(20(22,23)24)4-9-17(16)27(2)3/h4-10,12H,11H2,1-3H3,(H,25,28)(H,26,29). The zero-order valence-corrected chi connectivity index (χ0v) is 17.3. The van der Waals surface area contributed by atoms with E-state index in [1.165, 1.54) is 30.3 Å². The quantitative estimate of drug-likeness (QED) is 0.614. The van der Waals surface area contributed by atoms with Gasteiger partial charge in [0.25, 0.3) is 0 Å². The van der Waals surface area contributed by atoms with Crippen LogP contribution in [-0.2, 0) is 15.8 Å². The molecule has 2 aromatic carbocycles. The maximum Gasteiger partial charge on any atom is 0.416 e. The molecule has 0 aliphatic rings. The lowest BCUT2D eigenvalue weighted by atomic mass is 10.1. The van der Waals surface area contributed by atoms with Gasteiger partial charge in [-0.25, -0.2) is 4.39 Å². The Morgan fingerprint density at radius 3 is 2.27 bits per heavy atom. The summed E-state index contributed by atoms with van der Waals surface area (Å²) in [5.41, 5.74) is -0.00767. The summed E-state index contributed by atoms with van der Waals surface area (Å²) in [5.74, 6) is -1.41. The van der Waals surface area contributed by atoms with Crippen molar-refractivity contribution < 1.29 is 27.2 Å². The van der Waals surface area contributed by atoms with Crippen molar-refractivity contribution in [1.82, 2.24) is 0 Å². The summed E-state index contributed by atoms with van der Waals surface area (Å²) in [6, 6.07) is 8.34. The molecule has 0 saturated heterocycles. The molecule has 2 N–H and O–H groups in total. The number of hydrogen-bond acceptors (Lipinski definition) is 4. The van der Waals surface area contributed by atoms with Gasteiger partial charge in [0.2, 0.25) is 11.8 Å². The Labute approximate surface area is 175 Å². The van der Waals surface area contributed by atoms with Crippen molar-refractivity contribution >= 4 is 40.6 Å². The van der Waals surface area contributed by atoms with E-state index in [-0.39, 0.29) is 17.3 Å². The Hall–Kier alpha value is -2.75. The normalized spacial score (nSPS) is 12.2. The van der Waals surface area contributed by atoms with Gasteiger partial charge in [0.1, 0.15) is 5.82 Å². The first-order chi connectivity index (χ1) is 14.0. The average molecular weight is 443 g/mol. The highest BCUT2D eigenvalue weighted by Gasteiger charge is 2.31. The average Bonchev–Trinajstić information content (AvgIpc) is 2.66. The SMILES string of the molecule is CC(SCC(=O)Nc1ccc(F)cc1)C(=O)Nc1cc(C(F)(F)F)ccc1N(C)C. The smallest absolute Gasteiger partial charge is 0.376 e. The van der Waals surface area contributed by atoms with Crippen LogP contribution in [0.2, 0.25) is 0 Å². The van der Waals surface area contributed by atoms with Crippen molar-refractivity contribution in [3.63, 3.8) is 0 Å². The van der Waals surface area contributed by atoms with Crippen LogP contribution in [0, 0.1) is 5.82 Å². The van der Waals surface area contributed by atoms with Gasteiger partial charge in [-0.15, -0.1) is 11.8 Å². The van der Waals surface area contributed by atoms with E-state index in [9.17, 15) is 27.2 Å². The topological polar surface area (TPSA) is 61.4 Å². The molecule has 1 atom stereocenters. The number of nitrogens with one attached hydrogen (secondary N) is 2. The number of halogens is 4. The van der Waals surface area contributed by atoms with Crippen molar-refractivity contribution in [2.24, 2.45) is 0 Å². The van der Waals surface area contributed by atoms with Crippen molar-refractivity contribution in [3.8, 4) is 0 Å². The fourth-order valence-electron chi connectivity index (χ4n) is 2.44. The summed E-state index contributed by atoms with van der Waals surface area (Å²) in [6.45, 7) is 1.55. The fraction of sp³-hybridized carbons (Fsp3) is 0.300. The Balaban J connectivity index is 1.99. The molecule has 0 aromatic heterocycles. The second-order valence-electron chi connectivity index (χ2n) is 6.62. The summed E-state index contributed by atoms with van der Waals surface area (Å²) in [4.78, 5) is 26.0. The van der Waals surface area contributed by atoms with Crippen molar-refractivity contribution in [1.29, 1.82) is 0 Å². The minimum atomic E-state index is -4.54. The van der Waals surface area contributed by atoms with E-state index >= 15 is 0 Å². The summed E-state index contributed by atoms with van der Waals surface area (Å²) in [7, 11) is 3.30. The molecular weight excluding hydrogens is 422 g/mol. The molecule has 30 heavy (non-hydrogen) atoms. The van der Waals surface area contributed by atoms with E-state index in [2.05, 4.69) is 10.6 Å². The van der Waals surface area contributed by atoms with Gasteiger partial charge in [0.15, 0.2) is 0 Å². The number of carbonyl (C=O) groups excluding carboxylic acids is 2. The molecule has 0 bridgehead atoms. The lowest BCUT2D eigenvalue weighted by Crippen LogP contribution is -2.26. The third-order valence-electron chi connectivity index (χ3n) is 4.03. The molecule has 0 heterocycles. The molecule has 2 aromatic rings. The van der Waals surface area contributed by atoms with Crippen LogP contribution in [0.25, 0.3) is 0 Å². The second kappa shape index (κ2) is 9.84. The Bertz CT molecular complexity index is 902. The Kier molecular flexibility index (Phi) is 7.71. The van der Waals surface area contributed by atoms with E-state index in [1.807, 2.05) is 0 Å². The third-order valence-corrected chi connectivity index (χ3v) is 5.17. The number of hydrogen-bond donors (Lipinski definition) is 2. The number of thioether (sulfide) groups is 1. The molecule has 0 aliphatic heterocycles. The molecule has 2 rings (SSSR count). The number of amides is 2. The van der Waals surface area contributed by atoms with Crippen LogP contribution in [0.5, 0.6) is 0 Å². The molecule has 0 fully saturated rings. The van der Waals surface area contributed by atoms with E-state index < -0.39 is 28.7 Å². The third kappa shape index (κ3) is 6.65. The van der Waals surface area contributed by atoms with Crippen LogP contribution in [0.4, 0.5) is 34.6 Å². The molecule has 2 amide bonds. The van der Waals surface area contributed by atoms with E-state index in [0.717, 1.165) is 23.9 Å². The zero-order chi connectivity index (χ0) is 22.5. The summed E-state index contributed by atoms with van der Waals surface area (Å²) >= 11 is 1.02. The largest absolute Gasteiger partial charge is 0.416 e. The van der Waals surface area contributed by atoms with Gasteiger partial charge in [0, 0.05) is 19.8 Å².